The van der Waals surface area contributed by atoms with Gasteiger partial charge in [0.15, 0.2) is 0 Å². The van der Waals surface area contributed by atoms with Crippen molar-refractivity contribution in [2.75, 3.05) is 6.54 Å². The molecule has 1 aliphatic rings. The summed E-state index contributed by atoms with van der Waals surface area (Å²) in [4.78, 5) is 11.5. The molecule has 2 N–H and O–H groups in total. The van der Waals surface area contributed by atoms with Gasteiger partial charge in [-0.25, -0.2) is 4.39 Å². The molecule has 0 saturated carbocycles. The summed E-state index contributed by atoms with van der Waals surface area (Å²) in [6.07, 6.45) is 1.76. The first-order valence-corrected chi connectivity index (χ1v) is 5.90. The molecule has 1 unspecified atom stereocenters. The topological polar surface area (TPSA) is 64.9 Å². The average molecular weight is 247 g/mol. The molecule has 0 aromatic heterocycles. The van der Waals surface area contributed by atoms with Crippen molar-refractivity contribution in [3.05, 3.63) is 35.1 Å². The monoisotopic (exact) mass is 247 g/mol. The summed E-state index contributed by atoms with van der Waals surface area (Å²) in [5.74, 6) is -0.513. The van der Waals surface area contributed by atoms with E-state index in [9.17, 15) is 9.18 Å². The van der Waals surface area contributed by atoms with Crippen molar-refractivity contribution in [2.24, 2.45) is 0 Å². The number of rotatable bonds is 3. The van der Waals surface area contributed by atoms with E-state index >= 15 is 0 Å². The van der Waals surface area contributed by atoms with Crippen LogP contribution in [0.25, 0.3) is 0 Å². The lowest BCUT2D eigenvalue weighted by Gasteiger charge is -2.22. The fourth-order valence-electron chi connectivity index (χ4n) is 1.98. The largest absolute Gasteiger partial charge is 0.355 e. The Hall–Kier alpha value is -1.93. The molecule has 0 aliphatic carbocycles. The number of halogens is 1. The van der Waals surface area contributed by atoms with Crippen molar-refractivity contribution in [3.63, 3.8) is 0 Å². The minimum atomic E-state index is -0.517. The van der Waals surface area contributed by atoms with Crippen LogP contribution in [0, 0.1) is 17.1 Å². The lowest BCUT2D eigenvalue weighted by atomic mass is 10.1. The van der Waals surface area contributed by atoms with Crippen molar-refractivity contribution in [1.82, 2.24) is 10.6 Å². The first-order valence-electron chi connectivity index (χ1n) is 5.90. The molecule has 1 atom stereocenters. The van der Waals surface area contributed by atoms with Crippen LogP contribution in [0.5, 0.6) is 0 Å². The third-order valence-corrected chi connectivity index (χ3v) is 2.99. The predicted molar refractivity (Wildman–Crippen MR) is 64.0 cm³/mol. The van der Waals surface area contributed by atoms with Gasteiger partial charge in [0.05, 0.1) is 11.6 Å². The average Bonchev–Trinajstić information content (AvgIpc) is 2.39. The van der Waals surface area contributed by atoms with Gasteiger partial charge in [-0.2, -0.15) is 5.26 Å². The van der Waals surface area contributed by atoms with Crippen LogP contribution in [0.3, 0.4) is 0 Å². The van der Waals surface area contributed by atoms with Gasteiger partial charge in [0.1, 0.15) is 11.9 Å². The van der Waals surface area contributed by atoms with E-state index in [1.807, 2.05) is 0 Å². The van der Waals surface area contributed by atoms with E-state index < -0.39 is 5.82 Å². The highest BCUT2D eigenvalue weighted by molar-refractivity contribution is 5.82. The molecule has 1 aliphatic heterocycles. The van der Waals surface area contributed by atoms with E-state index in [-0.39, 0.29) is 17.5 Å². The third kappa shape index (κ3) is 2.84. The Morgan fingerprint density at radius 2 is 2.39 bits per heavy atom. The Bertz CT molecular complexity index is 495. The Kier molecular flexibility index (Phi) is 3.90. The van der Waals surface area contributed by atoms with Gasteiger partial charge >= 0.3 is 0 Å². The van der Waals surface area contributed by atoms with Gasteiger partial charge in [-0.3, -0.25) is 4.79 Å². The van der Waals surface area contributed by atoms with Crippen LogP contribution in [0.15, 0.2) is 18.2 Å². The number of hydrogen-bond donors (Lipinski definition) is 2. The van der Waals surface area contributed by atoms with Crippen LogP contribution in [-0.2, 0) is 11.3 Å². The molecule has 2 rings (SSSR count). The number of piperidine rings is 1. The molecule has 0 radical (unpaired) electrons. The van der Waals surface area contributed by atoms with Crippen LogP contribution < -0.4 is 10.6 Å². The zero-order valence-electron chi connectivity index (χ0n) is 9.87. The molecule has 0 spiro atoms. The second-order valence-corrected chi connectivity index (χ2v) is 4.29. The van der Waals surface area contributed by atoms with E-state index in [0.29, 0.717) is 6.54 Å². The Morgan fingerprint density at radius 1 is 1.56 bits per heavy atom. The molecule has 1 heterocycles. The second kappa shape index (κ2) is 5.61. The number of carbonyl (C=O) groups is 1. The van der Waals surface area contributed by atoms with Gasteiger partial charge in [-0.1, -0.05) is 6.07 Å². The predicted octanol–water partition coefficient (Wildman–Crippen LogP) is 1.07. The Balaban J connectivity index is 1.98. The maximum Gasteiger partial charge on any atom is 0.237 e. The van der Waals surface area contributed by atoms with Crippen LogP contribution in [0.2, 0.25) is 0 Å². The van der Waals surface area contributed by atoms with Gasteiger partial charge in [-0.15, -0.1) is 0 Å². The molecule has 1 saturated heterocycles. The lowest BCUT2D eigenvalue weighted by molar-refractivity contribution is -0.124. The molecule has 1 amide bonds. The smallest absolute Gasteiger partial charge is 0.237 e. The molecule has 1 aromatic carbocycles. The molecular weight excluding hydrogens is 233 g/mol. The normalized spacial score (nSPS) is 19.1. The van der Waals surface area contributed by atoms with Crippen molar-refractivity contribution >= 4 is 5.91 Å². The number of hydrogen-bond acceptors (Lipinski definition) is 3. The summed E-state index contributed by atoms with van der Waals surface area (Å²) >= 11 is 0. The Morgan fingerprint density at radius 3 is 3.11 bits per heavy atom. The van der Waals surface area contributed by atoms with Gasteiger partial charge < -0.3 is 10.6 Å². The van der Waals surface area contributed by atoms with E-state index in [1.54, 1.807) is 12.1 Å². The number of nitrogens with zero attached hydrogens (tertiary/aromatic N) is 1. The van der Waals surface area contributed by atoms with Crippen molar-refractivity contribution in [3.8, 4) is 6.07 Å². The van der Waals surface area contributed by atoms with E-state index in [4.69, 9.17) is 5.26 Å². The van der Waals surface area contributed by atoms with Crippen molar-refractivity contribution in [2.45, 2.75) is 25.4 Å². The number of nitrogens with one attached hydrogen (secondary N) is 2. The molecule has 1 aromatic rings. The first kappa shape index (κ1) is 12.5. The molecule has 5 heteroatoms. The van der Waals surface area contributed by atoms with E-state index in [0.717, 1.165) is 24.9 Å². The van der Waals surface area contributed by atoms with Gasteiger partial charge in [0.2, 0.25) is 5.91 Å². The zero-order chi connectivity index (χ0) is 13.0. The highest BCUT2D eigenvalue weighted by Crippen LogP contribution is 2.10. The number of benzene rings is 1. The third-order valence-electron chi connectivity index (χ3n) is 2.99. The fraction of sp³-hybridized carbons (Fsp3) is 0.385. The van der Waals surface area contributed by atoms with Gasteiger partial charge in [-0.05, 0) is 30.5 Å². The lowest BCUT2D eigenvalue weighted by Crippen LogP contribution is -2.47. The Labute approximate surface area is 105 Å². The first-order chi connectivity index (χ1) is 8.70. The van der Waals surface area contributed by atoms with Gasteiger partial charge in [0, 0.05) is 13.1 Å². The minimum Gasteiger partial charge on any atom is -0.355 e. The summed E-state index contributed by atoms with van der Waals surface area (Å²) in [6.45, 7) is 1.18. The van der Waals surface area contributed by atoms with E-state index in [2.05, 4.69) is 10.6 Å². The molecule has 0 bridgehead atoms. The molecule has 1 fully saturated rings. The molecule has 18 heavy (non-hydrogen) atoms. The SMILES string of the molecule is N#Cc1cc(CNC2CCCNC2=O)ccc1F. The molecule has 4 nitrogen and oxygen atoms in total. The standard InChI is InChI=1S/C13H14FN3O/c14-11-4-3-9(6-10(11)7-15)8-17-12-2-1-5-16-13(12)18/h3-4,6,12,17H,1-2,5,8H2,(H,16,18). The summed E-state index contributed by atoms with van der Waals surface area (Å²) in [5, 5.41) is 14.6. The highest BCUT2D eigenvalue weighted by Gasteiger charge is 2.20. The molecule has 94 valence electrons. The number of amides is 1. The summed E-state index contributed by atoms with van der Waals surface area (Å²) in [5.41, 5.74) is 0.828. The maximum absolute atomic E-state index is 13.1. The summed E-state index contributed by atoms with van der Waals surface area (Å²) in [7, 11) is 0. The second-order valence-electron chi connectivity index (χ2n) is 4.29. The van der Waals surface area contributed by atoms with Gasteiger partial charge in [0.25, 0.3) is 0 Å². The fourth-order valence-corrected chi connectivity index (χ4v) is 1.98. The van der Waals surface area contributed by atoms with Crippen LogP contribution in [0.4, 0.5) is 4.39 Å². The van der Waals surface area contributed by atoms with E-state index in [1.165, 1.54) is 12.1 Å². The van der Waals surface area contributed by atoms with Crippen molar-refractivity contribution in [1.29, 1.82) is 5.26 Å². The summed E-state index contributed by atoms with van der Waals surface area (Å²) in [6, 6.07) is 5.99. The molecular formula is C13H14FN3O. The minimum absolute atomic E-state index is 0.00358. The zero-order valence-corrected chi connectivity index (χ0v) is 9.87. The maximum atomic E-state index is 13.1. The number of nitriles is 1. The number of carbonyl (C=O) groups excluding carboxylic acids is 1. The van der Waals surface area contributed by atoms with Crippen molar-refractivity contribution < 1.29 is 9.18 Å². The summed E-state index contributed by atoms with van der Waals surface area (Å²) < 4.78 is 13.1. The van der Waals surface area contributed by atoms with Crippen LogP contribution in [-0.4, -0.2) is 18.5 Å². The highest BCUT2D eigenvalue weighted by atomic mass is 19.1. The quantitative estimate of drug-likeness (QED) is 0.839. The van der Waals surface area contributed by atoms with Crippen LogP contribution in [0.1, 0.15) is 24.0 Å². The van der Waals surface area contributed by atoms with Crippen LogP contribution >= 0.6 is 0 Å².